The summed E-state index contributed by atoms with van der Waals surface area (Å²) in [5.41, 5.74) is 5.33. The van der Waals surface area contributed by atoms with Crippen LogP contribution in [0.1, 0.15) is 33.6 Å². The van der Waals surface area contributed by atoms with Crippen LogP contribution in [0.4, 0.5) is 0 Å². The second-order valence-corrected chi connectivity index (χ2v) is 6.67. The van der Waals surface area contributed by atoms with Gasteiger partial charge in [-0.25, -0.2) is 4.72 Å². The van der Waals surface area contributed by atoms with E-state index < -0.39 is 10.2 Å². The first-order valence-corrected chi connectivity index (χ1v) is 7.10. The highest BCUT2D eigenvalue weighted by molar-refractivity contribution is 7.87. The molecular weight excluding hydrogens is 226 g/mol. The number of hydrogen-bond acceptors (Lipinski definition) is 3. The van der Waals surface area contributed by atoms with Crippen molar-refractivity contribution in [2.45, 2.75) is 33.6 Å². The molecule has 6 heteroatoms. The van der Waals surface area contributed by atoms with Crippen molar-refractivity contribution in [2.75, 3.05) is 26.7 Å². The van der Waals surface area contributed by atoms with Gasteiger partial charge in [-0.3, -0.25) is 0 Å². The molecule has 0 fully saturated rings. The van der Waals surface area contributed by atoms with E-state index in [0.29, 0.717) is 26.1 Å². The molecule has 16 heavy (non-hydrogen) atoms. The van der Waals surface area contributed by atoms with Crippen LogP contribution >= 0.6 is 0 Å². The smallest absolute Gasteiger partial charge is 0.279 e. The topological polar surface area (TPSA) is 75.4 Å². The molecule has 98 valence electrons. The van der Waals surface area contributed by atoms with Crippen LogP contribution < -0.4 is 10.5 Å². The van der Waals surface area contributed by atoms with Gasteiger partial charge in [0.1, 0.15) is 0 Å². The van der Waals surface area contributed by atoms with Crippen LogP contribution in [-0.2, 0) is 10.2 Å². The van der Waals surface area contributed by atoms with E-state index in [9.17, 15) is 8.42 Å². The minimum atomic E-state index is -3.35. The van der Waals surface area contributed by atoms with Crippen molar-refractivity contribution in [2.24, 2.45) is 11.1 Å². The average Bonchev–Trinajstić information content (AvgIpc) is 2.23. The fourth-order valence-electron chi connectivity index (χ4n) is 0.956. The lowest BCUT2D eigenvalue weighted by Crippen LogP contribution is -2.42. The summed E-state index contributed by atoms with van der Waals surface area (Å²) in [6.45, 7) is 7.54. The van der Waals surface area contributed by atoms with E-state index >= 15 is 0 Å². The first-order valence-electron chi connectivity index (χ1n) is 5.66. The maximum Gasteiger partial charge on any atom is 0.279 e. The van der Waals surface area contributed by atoms with Crippen LogP contribution in [0, 0.1) is 5.41 Å². The molecule has 0 aliphatic rings. The maximum atomic E-state index is 11.8. The fourth-order valence-corrected chi connectivity index (χ4v) is 2.12. The second-order valence-electron chi connectivity index (χ2n) is 4.81. The van der Waals surface area contributed by atoms with E-state index in [4.69, 9.17) is 5.73 Å². The van der Waals surface area contributed by atoms with E-state index in [0.717, 1.165) is 6.42 Å². The number of nitrogens with one attached hydrogen (secondary N) is 1. The molecule has 0 bridgehead atoms. The lowest BCUT2D eigenvalue weighted by Gasteiger charge is -2.25. The lowest BCUT2D eigenvalue weighted by atomic mass is 9.91. The van der Waals surface area contributed by atoms with Gasteiger partial charge in [-0.05, 0) is 24.8 Å². The van der Waals surface area contributed by atoms with Gasteiger partial charge in [0, 0.05) is 20.1 Å². The second kappa shape index (κ2) is 6.54. The van der Waals surface area contributed by atoms with Crippen LogP contribution in [0.25, 0.3) is 0 Å². The molecule has 0 aromatic heterocycles. The number of rotatable bonds is 8. The van der Waals surface area contributed by atoms with E-state index in [2.05, 4.69) is 4.72 Å². The third-order valence-electron chi connectivity index (χ3n) is 2.78. The third-order valence-corrected chi connectivity index (χ3v) is 4.29. The molecule has 0 amide bonds. The molecule has 0 saturated carbocycles. The molecule has 5 nitrogen and oxygen atoms in total. The standard InChI is InChI=1S/C10H25N3O2S/c1-5-10(2,3)9-12-16(14,15)13(4)8-6-7-11/h12H,5-9,11H2,1-4H3. The lowest BCUT2D eigenvalue weighted by molar-refractivity contribution is 0.343. The zero-order chi connectivity index (χ0) is 12.8. The molecule has 0 atom stereocenters. The van der Waals surface area contributed by atoms with Gasteiger partial charge in [0.2, 0.25) is 0 Å². The van der Waals surface area contributed by atoms with Crippen LogP contribution in [0.3, 0.4) is 0 Å². The maximum absolute atomic E-state index is 11.8. The minimum absolute atomic E-state index is 0.0121. The van der Waals surface area contributed by atoms with Crippen LogP contribution in [0.5, 0.6) is 0 Å². The Morgan fingerprint density at radius 3 is 2.38 bits per heavy atom. The van der Waals surface area contributed by atoms with Gasteiger partial charge in [0.05, 0.1) is 0 Å². The first kappa shape index (κ1) is 15.8. The van der Waals surface area contributed by atoms with Gasteiger partial charge < -0.3 is 5.73 Å². The summed E-state index contributed by atoms with van der Waals surface area (Å²) in [6.07, 6.45) is 1.61. The average molecular weight is 251 g/mol. The zero-order valence-corrected chi connectivity index (χ0v) is 11.6. The molecule has 0 unspecified atom stereocenters. The SMILES string of the molecule is CCC(C)(C)CNS(=O)(=O)N(C)CCCN. The molecule has 0 aliphatic carbocycles. The molecular formula is C10H25N3O2S. The summed E-state index contributed by atoms with van der Waals surface area (Å²) in [6, 6.07) is 0. The molecule has 0 saturated heterocycles. The summed E-state index contributed by atoms with van der Waals surface area (Å²) >= 11 is 0. The monoisotopic (exact) mass is 251 g/mol. The van der Waals surface area contributed by atoms with Crippen molar-refractivity contribution in [3.63, 3.8) is 0 Å². The summed E-state index contributed by atoms with van der Waals surface area (Å²) in [5.74, 6) is 0. The predicted octanol–water partition coefficient (Wildman–Crippen LogP) is 0.538. The first-order chi connectivity index (χ1) is 7.25. The van der Waals surface area contributed by atoms with Crippen molar-refractivity contribution in [3.05, 3.63) is 0 Å². The van der Waals surface area contributed by atoms with Crippen LogP contribution in [-0.4, -0.2) is 39.4 Å². The van der Waals surface area contributed by atoms with Crippen molar-refractivity contribution >= 4 is 10.2 Å². The molecule has 3 N–H and O–H groups in total. The Morgan fingerprint density at radius 1 is 1.38 bits per heavy atom. The Labute approximate surface area is 99.6 Å². The zero-order valence-electron chi connectivity index (χ0n) is 10.8. The Morgan fingerprint density at radius 2 is 1.94 bits per heavy atom. The normalized spacial score (nSPS) is 13.4. The Hall–Kier alpha value is -0.170. The molecule has 0 aliphatic heterocycles. The van der Waals surface area contributed by atoms with Gasteiger partial charge in [-0.15, -0.1) is 0 Å². The highest BCUT2D eigenvalue weighted by atomic mass is 32.2. The van der Waals surface area contributed by atoms with Gasteiger partial charge in [-0.2, -0.15) is 12.7 Å². The molecule has 0 aromatic rings. The number of hydrogen-bond donors (Lipinski definition) is 2. The van der Waals surface area contributed by atoms with Crippen LogP contribution in [0.2, 0.25) is 0 Å². The Bertz CT molecular complexity index is 288. The molecule has 0 radical (unpaired) electrons. The van der Waals surface area contributed by atoms with E-state index in [1.165, 1.54) is 4.31 Å². The van der Waals surface area contributed by atoms with E-state index in [-0.39, 0.29) is 5.41 Å². The molecule has 0 spiro atoms. The third kappa shape index (κ3) is 5.79. The van der Waals surface area contributed by atoms with Gasteiger partial charge >= 0.3 is 0 Å². The van der Waals surface area contributed by atoms with Crippen molar-refractivity contribution < 1.29 is 8.42 Å². The van der Waals surface area contributed by atoms with Crippen LogP contribution in [0.15, 0.2) is 0 Å². The molecule has 0 heterocycles. The van der Waals surface area contributed by atoms with Crippen molar-refractivity contribution in [1.29, 1.82) is 0 Å². The number of nitrogens with two attached hydrogens (primary N) is 1. The van der Waals surface area contributed by atoms with Gasteiger partial charge in [0.25, 0.3) is 10.2 Å². The predicted molar refractivity (Wildman–Crippen MR) is 67.3 cm³/mol. The van der Waals surface area contributed by atoms with Crippen molar-refractivity contribution in [1.82, 2.24) is 9.03 Å². The summed E-state index contributed by atoms with van der Waals surface area (Å²) in [5, 5.41) is 0. The summed E-state index contributed by atoms with van der Waals surface area (Å²) in [7, 11) is -1.78. The summed E-state index contributed by atoms with van der Waals surface area (Å²) < 4.78 is 27.5. The Kier molecular flexibility index (Phi) is 6.47. The molecule has 0 rings (SSSR count). The molecule has 0 aromatic carbocycles. The largest absolute Gasteiger partial charge is 0.330 e. The minimum Gasteiger partial charge on any atom is -0.330 e. The van der Waals surface area contributed by atoms with E-state index in [1.807, 2.05) is 20.8 Å². The highest BCUT2D eigenvalue weighted by Gasteiger charge is 2.21. The van der Waals surface area contributed by atoms with Crippen molar-refractivity contribution in [3.8, 4) is 0 Å². The summed E-state index contributed by atoms with van der Waals surface area (Å²) in [4.78, 5) is 0. The highest BCUT2D eigenvalue weighted by Crippen LogP contribution is 2.18. The Balaban J connectivity index is 4.24. The van der Waals surface area contributed by atoms with Gasteiger partial charge in [0.15, 0.2) is 0 Å². The number of nitrogens with zero attached hydrogens (tertiary/aromatic N) is 1. The fraction of sp³-hybridized carbons (Fsp3) is 1.00. The quantitative estimate of drug-likeness (QED) is 0.661. The van der Waals surface area contributed by atoms with Gasteiger partial charge in [-0.1, -0.05) is 20.8 Å². The van der Waals surface area contributed by atoms with E-state index in [1.54, 1.807) is 7.05 Å².